The van der Waals surface area contributed by atoms with E-state index in [4.69, 9.17) is 9.47 Å². The lowest BCUT2D eigenvalue weighted by atomic mass is 10.1. The van der Waals surface area contributed by atoms with E-state index in [1.54, 1.807) is 19.4 Å². The number of nitrogens with one attached hydrogen (secondary N) is 1. The van der Waals surface area contributed by atoms with Crippen LogP contribution in [0.3, 0.4) is 0 Å². The number of sulfone groups is 1. The van der Waals surface area contributed by atoms with Crippen LogP contribution in [0.25, 0.3) is 11.2 Å². The fraction of sp³-hybridized carbons (Fsp3) is 0.417. The van der Waals surface area contributed by atoms with Crippen molar-refractivity contribution in [2.24, 2.45) is 0 Å². The molecular weight excluding hydrogens is 442 g/mol. The molecule has 0 aliphatic heterocycles. The highest BCUT2D eigenvalue weighted by Gasteiger charge is 2.23. The summed E-state index contributed by atoms with van der Waals surface area (Å²) in [4.78, 5) is 20.3. The Hall–Kier alpha value is -3.07. The lowest BCUT2D eigenvalue weighted by Gasteiger charge is -2.19. The standard InChI is InChI=1S/C24H31N3O5S/c1-6-32-22-13-17(9-10-21(22)31-4)11-19(15-33(5,29)30)27-23-20(26-24(27)28)12-18(14-25-23)8-7-16(2)3/h7,9-10,12-14,19H,6,8,11,15H2,1-5H3,(H,26,28). The number of H-pyrrole nitrogens is 1. The largest absolute Gasteiger partial charge is 0.493 e. The van der Waals surface area contributed by atoms with Gasteiger partial charge < -0.3 is 14.5 Å². The summed E-state index contributed by atoms with van der Waals surface area (Å²) in [5, 5.41) is 0. The van der Waals surface area contributed by atoms with E-state index < -0.39 is 15.9 Å². The van der Waals surface area contributed by atoms with Crippen molar-refractivity contribution in [2.75, 3.05) is 25.7 Å². The highest BCUT2D eigenvalue weighted by atomic mass is 32.2. The van der Waals surface area contributed by atoms with Crippen molar-refractivity contribution in [3.05, 3.63) is 63.7 Å². The number of benzene rings is 1. The SMILES string of the molecule is CCOc1cc(CC(CS(C)(=O)=O)n2c(=O)[nH]c3cc(CC=C(C)C)cnc32)ccc1OC. The van der Waals surface area contributed by atoms with Crippen molar-refractivity contribution in [3.63, 3.8) is 0 Å². The van der Waals surface area contributed by atoms with Crippen molar-refractivity contribution in [1.82, 2.24) is 14.5 Å². The molecule has 0 saturated heterocycles. The molecule has 1 aromatic carbocycles. The van der Waals surface area contributed by atoms with E-state index in [9.17, 15) is 13.2 Å². The summed E-state index contributed by atoms with van der Waals surface area (Å²) < 4.78 is 36.9. The van der Waals surface area contributed by atoms with Gasteiger partial charge in [0.1, 0.15) is 9.84 Å². The smallest absolute Gasteiger partial charge is 0.327 e. The molecule has 1 N–H and O–H groups in total. The number of allylic oxidation sites excluding steroid dienone is 2. The first-order valence-corrected chi connectivity index (χ1v) is 12.9. The minimum atomic E-state index is -3.38. The van der Waals surface area contributed by atoms with Gasteiger partial charge in [-0.05, 0) is 62.9 Å². The first-order valence-electron chi connectivity index (χ1n) is 10.8. The van der Waals surface area contributed by atoms with Crippen LogP contribution in [0.1, 0.15) is 37.9 Å². The van der Waals surface area contributed by atoms with E-state index in [-0.39, 0.29) is 11.4 Å². The zero-order valence-corrected chi connectivity index (χ0v) is 20.5. The average Bonchev–Trinajstić information content (AvgIpc) is 3.06. The number of hydrogen-bond acceptors (Lipinski definition) is 6. The van der Waals surface area contributed by atoms with Crippen molar-refractivity contribution < 1.29 is 17.9 Å². The van der Waals surface area contributed by atoms with E-state index in [2.05, 4.69) is 16.0 Å². The summed E-state index contributed by atoms with van der Waals surface area (Å²) in [5.74, 6) is 0.968. The van der Waals surface area contributed by atoms with Crippen molar-refractivity contribution in [1.29, 1.82) is 0 Å². The van der Waals surface area contributed by atoms with Crippen LogP contribution in [-0.2, 0) is 22.7 Å². The molecule has 0 bridgehead atoms. The van der Waals surface area contributed by atoms with Crippen LogP contribution in [0.15, 0.2) is 46.9 Å². The Morgan fingerprint density at radius 2 is 1.97 bits per heavy atom. The highest BCUT2D eigenvalue weighted by Crippen LogP contribution is 2.30. The van der Waals surface area contributed by atoms with Gasteiger partial charge in [-0.2, -0.15) is 0 Å². The number of aromatic amines is 1. The number of pyridine rings is 1. The van der Waals surface area contributed by atoms with Gasteiger partial charge in [-0.25, -0.2) is 18.2 Å². The molecule has 0 amide bonds. The minimum absolute atomic E-state index is 0.197. The van der Waals surface area contributed by atoms with Gasteiger partial charge in [-0.3, -0.25) is 4.57 Å². The number of fused-ring (bicyclic) bond motifs is 1. The molecule has 3 aromatic rings. The normalized spacial score (nSPS) is 12.5. The van der Waals surface area contributed by atoms with Gasteiger partial charge in [-0.1, -0.05) is 17.7 Å². The summed E-state index contributed by atoms with van der Waals surface area (Å²) in [5.41, 5.74) is 3.63. The molecule has 178 valence electrons. The van der Waals surface area contributed by atoms with E-state index in [0.29, 0.717) is 42.1 Å². The van der Waals surface area contributed by atoms with Gasteiger partial charge in [0.05, 0.1) is 31.0 Å². The summed E-state index contributed by atoms with van der Waals surface area (Å²) in [6, 6.07) is 6.70. The topological polar surface area (TPSA) is 103 Å². The Labute approximate surface area is 194 Å². The van der Waals surface area contributed by atoms with Crippen LogP contribution in [0.2, 0.25) is 0 Å². The number of hydrogen-bond donors (Lipinski definition) is 1. The maximum absolute atomic E-state index is 12.9. The quantitative estimate of drug-likeness (QED) is 0.452. The van der Waals surface area contributed by atoms with Crippen LogP contribution < -0.4 is 15.2 Å². The number of rotatable bonds is 10. The highest BCUT2D eigenvalue weighted by molar-refractivity contribution is 7.90. The minimum Gasteiger partial charge on any atom is -0.493 e. The van der Waals surface area contributed by atoms with Crippen LogP contribution in [0, 0.1) is 0 Å². The molecule has 33 heavy (non-hydrogen) atoms. The molecule has 9 heteroatoms. The number of aromatic nitrogens is 3. The van der Waals surface area contributed by atoms with Crippen LogP contribution in [0.5, 0.6) is 11.5 Å². The monoisotopic (exact) mass is 473 g/mol. The molecule has 3 rings (SSSR count). The van der Waals surface area contributed by atoms with Gasteiger partial charge in [0, 0.05) is 12.5 Å². The fourth-order valence-corrected chi connectivity index (χ4v) is 4.76. The van der Waals surface area contributed by atoms with E-state index >= 15 is 0 Å². The molecule has 1 atom stereocenters. The Kier molecular flexibility index (Phi) is 7.63. The van der Waals surface area contributed by atoms with Gasteiger partial charge >= 0.3 is 5.69 Å². The molecule has 0 aliphatic rings. The molecular formula is C24H31N3O5S. The Morgan fingerprint density at radius 3 is 2.61 bits per heavy atom. The van der Waals surface area contributed by atoms with Crippen molar-refractivity contribution in [3.8, 4) is 11.5 Å². The Balaban J connectivity index is 2.04. The first-order chi connectivity index (χ1) is 15.6. The zero-order chi connectivity index (χ0) is 24.2. The summed E-state index contributed by atoms with van der Waals surface area (Å²) >= 11 is 0. The van der Waals surface area contributed by atoms with Gasteiger partial charge in [0.2, 0.25) is 0 Å². The van der Waals surface area contributed by atoms with Gasteiger partial charge in [-0.15, -0.1) is 0 Å². The van der Waals surface area contributed by atoms with Gasteiger partial charge in [0.15, 0.2) is 17.1 Å². The number of imidazole rings is 1. The van der Waals surface area contributed by atoms with Crippen molar-refractivity contribution in [2.45, 2.75) is 39.7 Å². The predicted molar refractivity (Wildman–Crippen MR) is 130 cm³/mol. The molecule has 0 spiro atoms. The fourth-order valence-electron chi connectivity index (χ4n) is 3.79. The Bertz CT molecular complexity index is 1320. The molecule has 2 aromatic heterocycles. The van der Waals surface area contributed by atoms with Crippen molar-refractivity contribution >= 4 is 21.0 Å². The first kappa shape index (κ1) is 24.6. The molecule has 2 heterocycles. The second-order valence-electron chi connectivity index (χ2n) is 8.37. The summed E-state index contributed by atoms with van der Waals surface area (Å²) in [7, 11) is -1.82. The molecule has 0 fully saturated rings. The zero-order valence-electron chi connectivity index (χ0n) is 19.7. The second kappa shape index (κ2) is 10.2. The number of ether oxygens (including phenoxy) is 2. The third kappa shape index (κ3) is 6.25. The molecule has 0 radical (unpaired) electrons. The molecule has 1 unspecified atom stereocenters. The number of methoxy groups -OCH3 is 1. The third-order valence-corrected chi connectivity index (χ3v) is 6.21. The Morgan fingerprint density at radius 1 is 1.21 bits per heavy atom. The van der Waals surface area contributed by atoms with E-state index in [1.807, 2.05) is 39.0 Å². The lowest BCUT2D eigenvalue weighted by molar-refractivity contribution is 0.310. The molecule has 8 nitrogen and oxygen atoms in total. The third-order valence-electron chi connectivity index (χ3n) is 5.22. The average molecular weight is 474 g/mol. The number of nitrogens with zero attached hydrogens (tertiary/aromatic N) is 2. The molecule has 0 aliphatic carbocycles. The second-order valence-corrected chi connectivity index (χ2v) is 10.6. The predicted octanol–water partition coefficient (Wildman–Crippen LogP) is 3.47. The van der Waals surface area contributed by atoms with E-state index in [0.717, 1.165) is 11.1 Å². The van der Waals surface area contributed by atoms with Crippen LogP contribution in [0.4, 0.5) is 0 Å². The maximum atomic E-state index is 12.9. The van der Waals surface area contributed by atoms with E-state index in [1.165, 1.54) is 16.4 Å². The molecule has 0 saturated carbocycles. The summed E-state index contributed by atoms with van der Waals surface area (Å²) in [6.45, 7) is 6.39. The summed E-state index contributed by atoms with van der Waals surface area (Å²) in [6.07, 6.45) is 6.00. The lowest BCUT2D eigenvalue weighted by Crippen LogP contribution is -2.29. The van der Waals surface area contributed by atoms with Gasteiger partial charge in [0.25, 0.3) is 0 Å². The van der Waals surface area contributed by atoms with Crippen LogP contribution in [-0.4, -0.2) is 48.7 Å². The maximum Gasteiger partial charge on any atom is 0.327 e. The van der Waals surface area contributed by atoms with Crippen LogP contribution >= 0.6 is 0 Å².